The summed E-state index contributed by atoms with van der Waals surface area (Å²) in [7, 11) is 0. The molecule has 0 unspecified atom stereocenters. The third kappa shape index (κ3) is 3.81. The van der Waals surface area contributed by atoms with Crippen LogP contribution in [0.4, 0.5) is 5.13 Å². The van der Waals surface area contributed by atoms with Crippen molar-refractivity contribution in [3.05, 3.63) is 53.1 Å². The van der Waals surface area contributed by atoms with E-state index in [2.05, 4.69) is 10.3 Å². The van der Waals surface area contributed by atoms with Crippen molar-refractivity contribution >= 4 is 44.2 Å². The predicted molar refractivity (Wildman–Crippen MR) is 94.8 cm³/mol. The third-order valence-corrected chi connectivity index (χ3v) is 4.21. The van der Waals surface area contributed by atoms with E-state index in [0.29, 0.717) is 21.5 Å². The molecule has 0 saturated carbocycles. The van der Waals surface area contributed by atoms with Crippen molar-refractivity contribution in [2.24, 2.45) is 0 Å². The normalized spacial score (nSPS) is 11.0. The minimum absolute atomic E-state index is 0.0577. The van der Waals surface area contributed by atoms with E-state index in [4.69, 9.17) is 16.3 Å². The number of carbonyl (C=O) groups excluding carboxylic acids is 1. The molecular weight excluding hydrogens is 332 g/mol. The van der Waals surface area contributed by atoms with Gasteiger partial charge in [0.15, 0.2) is 5.13 Å². The fourth-order valence-electron chi connectivity index (χ4n) is 2.10. The van der Waals surface area contributed by atoms with Gasteiger partial charge in [0.25, 0.3) is 5.91 Å². The fourth-order valence-corrected chi connectivity index (χ4v) is 3.24. The smallest absolute Gasteiger partial charge is 0.257 e. The molecule has 0 aliphatic heterocycles. The lowest BCUT2D eigenvalue weighted by atomic mass is 10.2. The first-order valence-electron chi connectivity index (χ1n) is 7.15. The van der Waals surface area contributed by atoms with Crippen LogP contribution in [0.5, 0.6) is 5.75 Å². The Kier molecular flexibility index (Phi) is 4.50. The van der Waals surface area contributed by atoms with Gasteiger partial charge >= 0.3 is 0 Å². The number of hydrogen-bond acceptors (Lipinski definition) is 4. The molecule has 1 aromatic heterocycles. The first kappa shape index (κ1) is 15.8. The van der Waals surface area contributed by atoms with Crippen LogP contribution in [0.15, 0.2) is 42.5 Å². The Labute approximate surface area is 143 Å². The van der Waals surface area contributed by atoms with Gasteiger partial charge in [-0.3, -0.25) is 10.1 Å². The molecule has 0 saturated heterocycles. The van der Waals surface area contributed by atoms with Crippen LogP contribution in [0.1, 0.15) is 24.2 Å². The number of aromatic nitrogens is 1. The lowest BCUT2D eigenvalue weighted by Gasteiger charge is -2.10. The minimum Gasteiger partial charge on any atom is -0.491 e. The van der Waals surface area contributed by atoms with Gasteiger partial charge in [-0.25, -0.2) is 4.98 Å². The zero-order valence-corrected chi connectivity index (χ0v) is 14.2. The van der Waals surface area contributed by atoms with Crippen molar-refractivity contribution in [1.82, 2.24) is 4.98 Å². The molecule has 3 aromatic rings. The lowest BCUT2D eigenvalue weighted by Crippen LogP contribution is -2.12. The summed E-state index contributed by atoms with van der Waals surface area (Å²) in [5, 5.41) is 4.01. The van der Waals surface area contributed by atoms with Gasteiger partial charge < -0.3 is 4.74 Å². The highest BCUT2D eigenvalue weighted by Gasteiger charge is 2.11. The third-order valence-electron chi connectivity index (χ3n) is 3.04. The average molecular weight is 347 g/mol. The summed E-state index contributed by atoms with van der Waals surface area (Å²) >= 11 is 7.36. The van der Waals surface area contributed by atoms with Gasteiger partial charge in [-0.15, -0.1) is 0 Å². The maximum absolute atomic E-state index is 12.4. The van der Waals surface area contributed by atoms with Gasteiger partial charge in [0.05, 0.1) is 16.3 Å². The number of carbonyl (C=O) groups is 1. The second kappa shape index (κ2) is 6.56. The van der Waals surface area contributed by atoms with Crippen LogP contribution in [0, 0.1) is 0 Å². The summed E-state index contributed by atoms with van der Waals surface area (Å²) in [6.45, 7) is 3.89. The molecule has 4 nitrogen and oxygen atoms in total. The van der Waals surface area contributed by atoms with Crippen LogP contribution in [0.2, 0.25) is 5.02 Å². The first-order chi connectivity index (χ1) is 11.0. The van der Waals surface area contributed by atoms with Crippen molar-refractivity contribution < 1.29 is 9.53 Å². The molecule has 0 bridgehead atoms. The van der Waals surface area contributed by atoms with Gasteiger partial charge in [0.1, 0.15) is 5.75 Å². The number of amides is 1. The Bertz CT molecular complexity index is 861. The van der Waals surface area contributed by atoms with E-state index in [-0.39, 0.29) is 12.0 Å². The van der Waals surface area contributed by atoms with Gasteiger partial charge in [-0.1, -0.05) is 29.0 Å². The molecule has 118 valence electrons. The molecule has 6 heteroatoms. The van der Waals surface area contributed by atoms with Gasteiger partial charge in [0.2, 0.25) is 0 Å². The highest BCUT2D eigenvalue weighted by atomic mass is 35.5. The molecular formula is C17H15ClN2O2S. The standard InChI is InChI=1S/C17H15ClN2O2S/c1-10(2)22-13-5-3-4-11(8-13)16(21)20-17-19-14-7-6-12(18)9-15(14)23-17/h3-10H,1-2H3,(H,19,20,21). The number of nitrogens with one attached hydrogen (secondary N) is 1. The molecule has 0 fully saturated rings. The number of thiazole rings is 1. The molecule has 1 heterocycles. The number of fused-ring (bicyclic) bond motifs is 1. The molecule has 3 rings (SSSR count). The summed E-state index contributed by atoms with van der Waals surface area (Å²) in [5.41, 5.74) is 1.34. The second-order valence-electron chi connectivity index (χ2n) is 5.28. The minimum atomic E-state index is -0.218. The quantitative estimate of drug-likeness (QED) is 0.724. The van der Waals surface area contributed by atoms with E-state index in [9.17, 15) is 4.79 Å². The van der Waals surface area contributed by atoms with E-state index in [1.165, 1.54) is 11.3 Å². The van der Waals surface area contributed by atoms with Crippen LogP contribution in [0.3, 0.4) is 0 Å². The number of benzene rings is 2. The Hall–Kier alpha value is -2.11. The molecule has 0 spiro atoms. The summed E-state index contributed by atoms with van der Waals surface area (Å²) in [6, 6.07) is 12.5. The summed E-state index contributed by atoms with van der Waals surface area (Å²) < 4.78 is 6.54. The van der Waals surface area contributed by atoms with E-state index in [1.807, 2.05) is 32.0 Å². The summed E-state index contributed by atoms with van der Waals surface area (Å²) in [4.78, 5) is 16.8. The zero-order valence-electron chi connectivity index (χ0n) is 12.7. The van der Waals surface area contributed by atoms with Crippen molar-refractivity contribution in [2.75, 3.05) is 5.32 Å². The predicted octanol–water partition coefficient (Wildman–Crippen LogP) is 4.99. The van der Waals surface area contributed by atoms with Crippen LogP contribution < -0.4 is 10.1 Å². The van der Waals surface area contributed by atoms with E-state index in [1.54, 1.807) is 24.3 Å². The number of halogens is 1. The van der Waals surface area contributed by atoms with Gasteiger partial charge in [-0.05, 0) is 50.2 Å². The molecule has 0 aliphatic carbocycles. The second-order valence-corrected chi connectivity index (χ2v) is 6.75. The highest BCUT2D eigenvalue weighted by Crippen LogP contribution is 2.28. The molecule has 2 aromatic carbocycles. The SMILES string of the molecule is CC(C)Oc1cccc(C(=O)Nc2nc3ccc(Cl)cc3s2)c1. The van der Waals surface area contributed by atoms with Crippen LogP contribution in [-0.2, 0) is 0 Å². The molecule has 1 amide bonds. The van der Waals surface area contributed by atoms with Crippen LogP contribution in [0.25, 0.3) is 10.2 Å². The van der Waals surface area contributed by atoms with Crippen LogP contribution in [-0.4, -0.2) is 17.0 Å². The van der Waals surface area contributed by atoms with Crippen molar-refractivity contribution in [3.8, 4) is 5.75 Å². The van der Waals surface area contributed by atoms with E-state index < -0.39 is 0 Å². The van der Waals surface area contributed by atoms with Gasteiger partial charge in [0, 0.05) is 10.6 Å². The molecule has 23 heavy (non-hydrogen) atoms. The summed E-state index contributed by atoms with van der Waals surface area (Å²) in [6.07, 6.45) is 0.0577. The summed E-state index contributed by atoms with van der Waals surface area (Å²) in [5.74, 6) is 0.452. The largest absolute Gasteiger partial charge is 0.491 e. The molecule has 0 radical (unpaired) electrons. The molecule has 1 N–H and O–H groups in total. The van der Waals surface area contributed by atoms with Gasteiger partial charge in [-0.2, -0.15) is 0 Å². The zero-order chi connectivity index (χ0) is 16.4. The average Bonchev–Trinajstić information content (AvgIpc) is 2.88. The molecule has 0 atom stereocenters. The van der Waals surface area contributed by atoms with Crippen molar-refractivity contribution in [2.45, 2.75) is 20.0 Å². The number of nitrogens with zero attached hydrogens (tertiary/aromatic N) is 1. The Morgan fingerprint density at radius 2 is 2.09 bits per heavy atom. The van der Waals surface area contributed by atoms with E-state index in [0.717, 1.165) is 10.2 Å². The Balaban J connectivity index is 1.80. The fraction of sp³-hybridized carbons (Fsp3) is 0.176. The van der Waals surface area contributed by atoms with Crippen molar-refractivity contribution in [1.29, 1.82) is 0 Å². The Morgan fingerprint density at radius 3 is 2.87 bits per heavy atom. The lowest BCUT2D eigenvalue weighted by molar-refractivity contribution is 0.102. The Morgan fingerprint density at radius 1 is 1.26 bits per heavy atom. The van der Waals surface area contributed by atoms with Crippen LogP contribution >= 0.6 is 22.9 Å². The monoisotopic (exact) mass is 346 g/mol. The number of anilines is 1. The van der Waals surface area contributed by atoms with E-state index >= 15 is 0 Å². The number of ether oxygens (including phenoxy) is 1. The molecule has 0 aliphatic rings. The first-order valence-corrected chi connectivity index (χ1v) is 8.35. The maximum atomic E-state index is 12.4. The maximum Gasteiger partial charge on any atom is 0.257 e. The highest BCUT2D eigenvalue weighted by molar-refractivity contribution is 7.22. The topological polar surface area (TPSA) is 51.2 Å². The van der Waals surface area contributed by atoms with Crippen molar-refractivity contribution in [3.63, 3.8) is 0 Å². The number of rotatable bonds is 4. The number of hydrogen-bond donors (Lipinski definition) is 1.